The van der Waals surface area contributed by atoms with Gasteiger partial charge in [-0.3, -0.25) is 4.79 Å². The van der Waals surface area contributed by atoms with Crippen molar-refractivity contribution in [3.8, 4) is 0 Å². The maximum atomic E-state index is 13.1. The second kappa shape index (κ2) is 8.02. The quantitative estimate of drug-likeness (QED) is 0.338. The molecule has 0 fully saturated rings. The molecular weight excluding hydrogens is 418 g/mol. The Balaban J connectivity index is 1.55. The third-order valence-corrected chi connectivity index (χ3v) is 6.62. The van der Waals surface area contributed by atoms with Crippen LogP contribution in [0.25, 0.3) is 17.2 Å². The number of anilines is 2. The van der Waals surface area contributed by atoms with Crippen molar-refractivity contribution in [2.45, 2.75) is 27.3 Å². The average molecular weight is 445 g/mol. The molecule has 6 heteroatoms. The highest BCUT2D eigenvalue weighted by atomic mass is 32.1. The number of oxazole rings is 1. The molecule has 2 heterocycles. The van der Waals surface area contributed by atoms with E-state index in [1.54, 1.807) is 0 Å². The Hall–Kier alpha value is -3.25. The van der Waals surface area contributed by atoms with E-state index in [-0.39, 0.29) is 5.78 Å². The summed E-state index contributed by atoms with van der Waals surface area (Å²) in [5.74, 6) is 1.67. The molecule has 1 aliphatic heterocycles. The van der Waals surface area contributed by atoms with Crippen LogP contribution < -0.4 is 14.4 Å². The zero-order valence-electron chi connectivity index (χ0n) is 18.5. The number of Topliss-reactive ketones (excluding diaryl/α,β-unsaturated/α-hetero) is 1. The smallest absolute Gasteiger partial charge is 0.374 e. The number of benzene rings is 2. The Kier molecular flexibility index (Phi) is 5.18. The molecule has 2 aromatic carbocycles. The Labute approximate surface area is 193 Å². The lowest BCUT2D eigenvalue weighted by Crippen LogP contribution is -2.34. The topological polar surface area (TPSA) is 40.6 Å². The maximum Gasteiger partial charge on any atom is 0.374 e. The molecule has 5 nitrogen and oxygen atoms in total. The molecule has 0 N–H and O–H groups in total. The summed E-state index contributed by atoms with van der Waals surface area (Å²) in [6.45, 7) is 8.71. The summed E-state index contributed by atoms with van der Waals surface area (Å²) in [7, 11) is 0. The number of nitrogens with zero attached hydrogens (tertiary/aromatic N) is 3. The molecule has 1 aliphatic carbocycles. The lowest BCUT2D eigenvalue weighted by molar-refractivity contribution is -0.674. The fourth-order valence-electron chi connectivity index (χ4n) is 4.58. The van der Waals surface area contributed by atoms with Crippen LogP contribution in [0, 0.1) is 0 Å². The summed E-state index contributed by atoms with van der Waals surface area (Å²) in [6, 6.07) is 16.2. The molecule has 0 atom stereocenters. The molecule has 0 saturated carbocycles. The van der Waals surface area contributed by atoms with Crippen molar-refractivity contribution in [1.29, 1.82) is 0 Å². The number of fused-ring (bicyclic) bond motifs is 2. The van der Waals surface area contributed by atoms with Gasteiger partial charge in [0, 0.05) is 35.2 Å². The van der Waals surface area contributed by atoms with Crippen LogP contribution in [0.4, 0.5) is 11.4 Å². The monoisotopic (exact) mass is 444 g/mol. The number of hydrogen-bond acceptors (Lipinski definition) is 5. The van der Waals surface area contributed by atoms with E-state index >= 15 is 0 Å². The summed E-state index contributed by atoms with van der Waals surface area (Å²) >= 11 is 4.70. The van der Waals surface area contributed by atoms with E-state index in [9.17, 15) is 4.79 Å². The van der Waals surface area contributed by atoms with Gasteiger partial charge in [0.1, 0.15) is 12.4 Å². The summed E-state index contributed by atoms with van der Waals surface area (Å²) in [5, 5.41) is 0. The molecule has 0 saturated heterocycles. The van der Waals surface area contributed by atoms with Gasteiger partial charge in [0.15, 0.2) is 5.78 Å². The van der Waals surface area contributed by atoms with Crippen molar-refractivity contribution < 1.29 is 13.8 Å². The lowest BCUT2D eigenvalue weighted by Gasteiger charge is -2.26. The highest BCUT2D eigenvalue weighted by Crippen LogP contribution is 2.43. The zero-order valence-corrected chi connectivity index (χ0v) is 19.4. The fraction of sp³-hybridized carbons (Fsp3) is 0.231. The van der Waals surface area contributed by atoms with Crippen LogP contribution >= 0.6 is 12.6 Å². The average Bonchev–Trinajstić information content (AvgIpc) is 3.34. The highest BCUT2D eigenvalue weighted by Gasteiger charge is 2.36. The molecular formula is C26H26N3O2S+. The van der Waals surface area contributed by atoms with Crippen LogP contribution in [0.1, 0.15) is 26.7 Å². The molecule has 162 valence electrons. The SMILES string of the molecule is CCN1C(=CC2=C(S)/C(=C\c3oc4ccccc4[n+]3CC)C2=O)N(CC)c2ccccc21. The second-order valence-electron chi connectivity index (χ2n) is 7.78. The van der Waals surface area contributed by atoms with Gasteiger partial charge in [-0.1, -0.05) is 24.3 Å². The van der Waals surface area contributed by atoms with Crippen molar-refractivity contribution in [1.82, 2.24) is 0 Å². The minimum Gasteiger partial charge on any atom is -0.398 e. The zero-order chi connectivity index (χ0) is 22.4. The predicted molar refractivity (Wildman–Crippen MR) is 132 cm³/mol. The van der Waals surface area contributed by atoms with E-state index in [0.717, 1.165) is 36.6 Å². The predicted octanol–water partition coefficient (Wildman–Crippen LogP) is 5.10. The number of allylic oxidation sites excluding steroid dienone is 3. The summed E-state index contributed by atoms with van der Waals surface area (Å²) in [6.07, 6.45) is 3.79. The van der Waals surface area contributed by atoms with Crippen molar-refractivity contribution >= 4 is 47.0 Å². The van der Waals surface area contributed by atoms with E-state index in [0.29, 0.717) is 21.9 Å². The van der Waals surface area contributed by atoms with Crippen molar-refractivity contribution in [3.63, 3.8) is 0 Å². The Morgan fingerprint density at radius 1 is 0.938 bits per heavy atom. The number of ketones is 1. The second-order valence-corrected chi connectivity index (χ2v) is 8.23. The van der Waals surface area contributed by atoms with Crippen LogP contribution in [0.2, 0.25) is 0 Å². The minimum atomic E-state index is -0.00586. The molecule has 5 rings (SSSR count). The summed E-state index contributed by atoms with van der Waals surface area (Å²) in [4.78, 5) is 18.3. The number of aryl methyl sites for hydroxylation is 1. The number of rotatable bonds is 5. The first-order chi connectivity index (χ1) is 15.6. The molecule has 3 aromatic rings. The largest absolute Gasteiger partial charge is 0.398 e. The normalized spacial score (nSPS) is 16.9. The molecule has 0 spiro atoms. The third-order valence-electron chi connectivity index (χ3n) is 6.14. The molecule has 0 radical (unpaired) electrons. The maximum absolute atomic E-state index is 13.1. The fourth-order valence-corrected chi connectivity index (χ4v) is 4.92. The van der Waals surface area contributed by atoms with Crippen molar-refractivity contribution in [3.05, 3.63) is 82.4 Å². The number of carbonyl (C=O) groups excluding carboxylic acids is 1. The first kappa shape index (κ1) is 20.6. The highest BCUT2D eigenvalue weighted by molar-refractivity contribution is 7.85. The third kappa shape index (κ3) is 3.01. The van der Waals surface area contributed by atoms with E-state index in [1.165, 1.54) is 11.4 Å². The molecule has 0 amide bonds. The van der Waals surface area contributed by atoms with Gasteiger partial charge in [0.05, 0.1) is 17.5 Å². The Morgan fingerprint density at radius 2 is 1.56 bits per heavy atom. The number of hydrogen-bond donors (Lipinski definition) is 1. The number of para-hydroxylation sites is 4. The first-order valence-corrected chi connectivity index (χ1v) is 11.5. The van der Waals surface area contributed by atoms with E-state index < -0.39 is 0 Å². The van der Waals surface area contributed by atoms with E-state index in [1.807, 2.05) is 48.6 Å². The van der Waals surface area contributed by atoms with Gasteiger partial charge in [0.25, 0.3) is 5.52 Å². The van der Waals surface area contributed by atoms with Gasteiger partial charge < -0.3 is 14.2 Å². The van der Waals surface area contributed by atoms with Gasteiger partial charge >= 0.3 is 5.89 Å². The summed E-state index contributed by atoms with van der Waals surface area (Å²) in [5.41, 5.74) is 5.38. The number of carbonyl (C=O) groups is 1. The van der Waals surface area contributed by atoms with Crippen LogP contribution in [0.15, 0.2) is 80.9 Å². The van der Waals surface area contributed by atoms with Crippen molar-refractivity contribution in [2.24, 2.45) is 0 Å². The van der Waals surface area contributed by atoms with Gasteiger partial charge in [-0.25, -0.2) is 0 Å². The Bertz CT molecular complexity index is 1300. The van der Waals surface area contributed by atoms with E-state index in [4.69, 9.17) is 17.0 Å². The van der Waals surface area contributed by atoms with E-state index in [2.05, 4.69) is 47.3 Å². The standard InChI is InChI=1S/C26H25N3O2S/c1-4-27-19-11-7-8-12-20(19)28(5-2)23(27)15-17-25(30)18(26(17)32)16-24-29(6-3)21-13-9-10-14-22(21)31-24/h7-16H,4-6H2,1-3H3/p+1. The summed E-state index contributed by atoms with van der Waals surface area (Å²) < 4.78 is 8.09. The van der Waals surface area contributed by atoms with Gasteiger partial charge in [-0.15, -0.1) is 12.6 Å². The van der Waals surface area contributed by atoms with Gasteiger partial charge in [-0.05, 0) is 45.0 Å². The number of thiol groups is 1. The molecule has 1 aromatic heterocycles. The first-order valence-electron chi connectivity index (χ1n) is 11.1. The Morgan fingerprint density at radius 3 is 2.16 bits per heavy atom. The van der Waals surface area contributed by atoms with Gasteiger partial charge in [-0.2, -0.15) is 4.57 Å². The van der Waals surface area contributed by atoms with Crippen LogP contribution in [-0.2, 0) is 11.3 Å². The number of aromatic nitrogens is 1. The van der Waals surface area contributed by atoms with Crippen LogP contribution in [0.5, 0.6) is 0 Å². The van der Waals surface area contributed by atoms with Crippen LogP contribution in [-0.4, -0.2) is 18.9 Å². The lowest BCUT2D eigenvalue weighted by atomic mass is 9.89. The van der Waals surface area contributed by atoms with Crippen molar-refractivity contribution in [2.75, 3.05) is 22.9 Å². The molecule has 0 bridgehead atoms. The van der Waals surface area contributed by atoms with Gasteiger partial charge in [0.2, 0.25) is 5.58 Å². The molecule has 0 unspecified atom stereocenters. The van der Waals surface area contributed by atoms with Crippen LogP contribution in [0.3, 0.4) is 0 Å². The molecule has 32 heavy (non-hydrogen) atoms. The molecule has 2 aliphatic rings. The minimum absolute atomic E-state index is 0.00586.